The zero-order valence-corrected chi connectivity index (χ0v) is 12.5. The van der Waals surface area contributed by atoms with Gasteiger partial charge >= 0.3 is 6.09 Å². The van der Waals surface area contributed by atoms with Gasteiger partial charge in [0.1, 0.15) is 11.7 Å². The summed E-state index contributed by atoms with van der Waals surface area (Å²) in [6.45, 7) is 7.74. The van der Waals surface area contributed by atoms with Gasteiger partial charge in [0.2, 0.25) is 0 Å². The van der Waals surface area contributed by atoms with Crippen molar-refractivity contribution in [2.24, 2.45) is 0 Å². The van der Waals surface area contributed by atoms with Gasteiger partial charge < -0.3 is 19.1 Å². The summed E-state index contributed by atoms with van der Waals surface area (Å²) in [5.74, 6) is 2.61. The molecule has 1 spiro atoms. The number of ether oxygens (including phenoxy) is 3. The molecule has 2 heterocycles. The van der Waals surface area contributed by atoms with Gasteiger partial charge in [0, 0.05) is 26.1 Å². The summed E-state index contributed by atoms with van der Waals surface area (Å²) in [5, 5.41) is 0. The molecular weight excluding hydrogens is 258 g/mol. The van der Waals surface area contributed by atoms with Crippen LogP contribution in [-0.2, 0) is 14.2 Å². The highest BCUT2D eigenvalue weighted by atomic mass is 16.6. The Balaban J connectivity index is 2.09. The summed E-state index contributed by atoms with van der Waals surface area (Å²) in [4.78, 5) is 13.9. The number of hydrogen-bond acceptors (Lipinski definition) is 4. The number of hydrogen-bond donors (Lipinski definition) is 0. The topological polar surface area (TPSA) is 48.0 Å². The van der Waals surface area contributed by atoms with Crippen LogP contribution in [0.1, 0.15) is 33.6 Å². The van der Waals surface area contributed by atoms with Crippen molar-refractivity contribution in [2.45, 2.75) is 50.9 Å². The normalized spacial score (nSPS) is 26.1. The van der Waals surface area contributed by atoms with Gasteiger partial charge in [-0.1, -0.05) is 5.92 Å². The van der Waals surface area contributed by atoms with Crippen molar-refractivity contribution in [1.29, 1.82) is 0 Å². The van der Waals surface area contributed by atoms with E-state index in [-0.39, 0.29) is 17.8 Å². The molecule has 1 unspecified atom stereocenters. The zero-order chi connectivity index (χ0) is 14.8. The second-order valence-corrected chi connectivity index (χ2v) is 6.43. The first-order chi connectivity index (χ1) is 9.34. The van der Waals surface area contributed by atoms with Crippen molar-refractivity contribution < 1.29 is 19.0 Å². The van der Waals surface area contributed by atoms with Crippen LogP contribution in [0.3, 0.4) is 0 Å². The molecule has 0 aliphatic carbocycles. The van der Waals surface area contributed by atoms with Gasteiger partial charge in [-0.15, -0.1) is 6.42 Å². The molecule has 0 radical (unpaired) electrons. The molecule has 5 nitrogen and oxygen atoms in total. The molecule has 20 heavy (non-hydrogen) atoms. The highest BCUT2D eigenvalue weighted by Gasteiger charge is 2.43. The molecule has 0 N–H and O–H groups in total. The van der Waals surface area contributed by atoms with E-state index in [0.29, 0.717) is 26.3 Å². The first-order valence-corrected chi connectivity index (χ1v) is 7.03. The molecular formula is C15H23NO4. The van der Waals surface area contributed by atoms with Crippen LogP contribution >= 0.6 is 0 Å². The Kier molecular flexibility index (Phi) is 4.26. The van der Waals surface area contributed by atoms with Crippen molar-refractivity contribution in [2.75, 3.05) is 26.3 Å². The van der Waals surface area contributed by atoms with Gasteiger partial charge in [-0.2, -0.15) is 0 Å². The van der Waals surface area contributed by atoms with Crippen LogP contribution in [0.5, 0.6) is 0 Å². The van der Waals surface area contributed by atoms with Crippen molar-refractivity contribution in [1.82, 2.24) is 4.90 Å². The fraction of sp³-hybridized carbons (Fsp3) is 0.800. The molecule has 2 fully saturated rings. The number of morpholine rings is 1. The highest BCUT2D eigenvalue weighted by molar-refractivity contribution is 5.68. The molecule has 0 saturated carbocycles. The van der Waals surface area contributed by atoms with Gasteiger partial charge in [-0.3, -0.25) is 0 Å². The highest BCUT2D eigenvalue weighted by Crippen LogP contribution is 2.32. The van der Waals surface area contributed by atoms with Gasteiger partial charge in [0.15, 0.2) is 0 Å². The molecule has 0 aromatic rings. The first-order valence-electron chi connectivity index (χ1n) is 7.03. The fourth-order valence-electron chi connectivity index (χ4n) is 2.56. The smallest absolute Gasteiger partial charge is 0.410 e. The van der Waals surface area contributed by atoms with Gasteiger partial charge in [0.05, 0.1) is 18.7 Å². The van der Waals surface area contributed by atoms with E-state index in [9.17, 15) is 4.79 Å². The van der Waals surface area contributed by atoms with Crippen LogP contribution in [0, 0.1) is 12.3 Å². The Labute approximate surface area is 120 Å². The lowest BCUT2D eigenvalue weighted by molar-refractivity contribution is -0.170. The molecule has 2 rings (SSSR count). The maximum absolute atomic E-state index is 12.2. The van der Waals surface area contributed by atoms with Crippen molar-refractivity contribution in [3.63, 3.8) is 0 Å². The minimum absolute atomic E-state index is 0.327. The third-order valence-corrected chi connectivity index (χ3v) is 3.50. The van der Waals surface area contributed by atoms with Crippen molar-refractivity contribution >= 4 is 6.09 Å². The molecule has 2 aliphatic rings. The molecule has 1 atom stereocenters. The molecule has 0 bridgehead atoms. The van der Waals surface area contributed by atoms with E-state index >= 15 is 0 Å². The Morgan fingerprint density at radius 1 is 1.40 bits per heavy atom. The van der Waals surface area contributed by atoms with E-state index < -0.39 is 5.60 Å². The summed E-state index contributed by atoms with van der Waals surface area (Å²) < 4.78 is 16.8. The van der Waals surface area contributed by atoms with Gasteiger partial charge in [-0.25, -0.2) is 4.79 Å². The van der Waals surface area contributed by atoms with Crippen LogP contribution in [0.25, 0.3) is 0 Å². The third kappa shape index (κ3) is 3.65. The monoisotopic (exact) mass is 281 g/mol. The Bertz CT molecular complexity index is 401. The largest absolute Gasteiger partial charge is 0.444 e. The second-order valence-electron chi connectivity index (χ2n) is 6.43. The van der Waals surface area contributed by atoms with Crippen LogP contribution in [0.2, 0.25) is 0 Å². The quantitative estimate of drug-likeness (QED) is 0.635. The summed E-state index contributed by atoms with van der Waals surface area (Å²) in [5.41, 5.74) is -0.895. The molecule has 112 valence electrons. The lowest BCUT2D eigenvalue weighted by Crippen LogP contribution is -2.59. The lowest BCUT2D eigenvalue weighted by Gasteiger charge is -2.46. The predicted molar refractivity (Wildman–Crippen MR) is 74.3 cm³/mol. The molecule has 2 aliphatic heterocycles. The number of rotatable bonds is 0. The lowest BCUT2D eigenvalue weighted by atomic mass is 9.91. The molecule has 5 heteroatoms. The summed E-state index contributed by atoms with van der Waals surface area (Å²) in [7, 11) is 0. The van der Waals surface area contributed by atoms with Gasteiger partial charge in [-0.05, 0) is 20.8 Å². The van der Waals surface area contributed by atoms with E-state index in [1.54, 1.807) is 4.90 Å². The SMILES string of the molecule is C#CC1CN(C(=O)OC(C)(C)C)CC2(CCOCC2)O1. The maximum Gasteiger partial charge on any atom is 0.410 e. The molecule has 1 amide bonds. The molecule has 0 aromatic carbocycles. The Morgan fingerprint density at radius 2 is 2.05 bits per heavy atom. The Hall–Kier alpha value is -1.25. The van der Waals surface area contributed by atoms with Crippen molar-refractivity contribution in [3.05, 3.63) is 0 Å². The van der Waals surface area contributed by atoms with E-state index in [0.717, 1.165) is 12.8 Å². The summed E-state index contributed by atoms with van der Waals surface area (Å²) >= 11 is 0. The van der Waals surface area contributed by atoms with E-state index in [4.69, 9.17) is 20.6 Å². The van der Waals surface area contributed by atoms with Crippen LogP contribution in [-0.4, -0.2) is 54.6 Å². The molecule has 0 aromatic heterocycles. The average Bonchev–Trinajstić information content (AvgIpc) is 2.37. The number of terminal acetylenes is 1. The van der Waals surface area contributed by atoms with E-state index in [1.165, 1.54) is 0 Å². The summed E-state index contributed by atoms with van der Waals surface area (Å²) in [6.07, 6.45) is 6.30. The maximum atomic E-state index is 12.2. The number of carbonyl (C=O) groups excluding carboxylic acids is 1. The van der Waals surface area contributed by atoms with Crippen molar-refractivity contribution in [3.8, 4) is 12.3 Å². The van der Waals surface area contributed by atoms with Crippen LogP contribution < -0.4 is 0 Å². The zero-order valence-electron chi connectivity index (χ0n) is 12.5. The molecule has 2 saturated heterocycles. The first kappa shape index (κ1) is 15.1. The number of carbonyl (C=O) groups is 1. The van der Waals surface area contributed by atoms with Gasteiger partial charge in [0.25, 0.3) is 0 Å². The minimum atomic E-state index is -0.510. The predicted octanol–water partition coefficient (Wildman–Crippen LogP) is 1.80. The standard InChI is InChI=1S/C15H23NO4/c1-5-12-10-16(13(17)20-14(2,3)4)11-15(19-12)6-8-18-9-7-15/h1,12H,6-11H2,2-4H3. The number of amides is 1. The minimum Gasteiger partial charge on any atom is -0.444 e. The summed E-state index contributed by atoms with van der Waals surface area (Å²) in [6, 6.07) is 0. The van der Waals surface area contributed by atoms with E-state index in [1.807, 2.05) is 20.8 Å². The third-order valence-electron chi connectivity index (χ3n) is 3.50. The Morgan fingerprint density at radius 3 is 2.60 bits per heavy atom. The second kappa shape index (κ2) is 5.63. The number of nitrogens with zero attached hydrogens (tertiary/aromatic N) is 1. The van der Waals surface area contributed by atoms with Crippen LogP contribution in [0.15, 0.2) is 0 Å². The van der Waals surface area contributed by atoms with Crippen LogP contribution in [0.4, 0.5) is 4.79 Å². The fourth-order valence-corrected chi connectivity index (χ4v) is 2.56. The van der Waals surface area contributed by atoms with E-state index in [2.05, 4.69) is 5.92 Å². The average molecular weight is 281 g/mol.